The highest BCUT2D eigenvalue weighted by atomic mass is 28.3. The number of hydrogen-bond donors (Lipinski definition) is 0. The topological polar surface area (TPSA) is 16.4 Å². The third-order valence-corrected chi connectivity index (χ3v) is 14.4. The van der Waals surface area contributed by atoms with Gasteiger partial charge in [-0.1, -0.05) is 140 Å². The lowest BCUT2D eigenvalue weighted by atomic mass is 9.98. The molecule has 242 valence electrons. The zero-order valence-electron chi connectivity index (χ0n) is 28.6. The number of rotatable bonds is 5. The van der Waals surface area contributed by atoms with Crippen LogP contribution >= 0.6 is 0 Å². The molecule has 0 saturated heterocycles. The second-order valence-corrected chi connectivity index (χ2v) is 18.4. The number of hydrogen-bond acceptors (Lipinski definition) is 2. The molecule has 0 amide bonds. The summed E-state index contributed by atoms with van der Waals surface area (Å²) in [4.78, 5) is 2.49. The Morgan fingerprint density at radius 3 is 2.02 bits per heavy atom. The minimum Gasteiger partial charge on any atom is -0.456 e. The molecule has 3 heteroatoms. The van der Waals surface area contributed by atoms with Gasteiger partial charge in [0.2, 0.25) is 0 Å². The minimum absolute atomic E-state index is 0.941. The van der Waals surface area contributed by atoms with Crippen molar-refractivity contribution < 1.29 is 4.42 Å². The van der Waals surface area contributed by atoms with Gasteiger partial charge in [0.15, 0.2) is 0 Å². The molecule has 10 rings (SSSR count). The normalized spacial score (nSPS) is 13.1. The van der Waals surface area contributed by atoms with Crippen molar-refractivity contribution in [1.82, 2.24) is 0 Å². The molecule has 1 aliphatic heterocycles. The molecule has 1 aliphatic rings. The molecule has 0 N–H and O–H groups in total. The molecule has 51 heavy (non-hydrogen) atoms. The fourth-order valence-corrected chi connectivity index (χ4v) is 11.8. The maximum Gasteiger partial charge on any atom is 0.136 e. The van der Waals surface area contributed by atoms with Crippen molar-refractivity contribution in [3.63, 3.8) is 0 Å². The van der Waals surface area contributed by atoms with Gasteiger partial charge in [-0.15, -0.1) is 0 Å². The van der Waals surface area contributed by atoms with E-state index >= 15 is 0 Å². The lowest BCUT2D eigenvalue weighted by Crippen LogP contribution is -2.50. The van der Waals surface area contributed by atoms with Crippen molar-refractivity contribution >= 4 is 68.2 Å². The van der Waals surface area contributed by atoms with Gasteiger partial charge in [-0.05, 0) is 103 Å². The molecule has 0 bridgehead atoms. The van der Waals surface area contributed by atoms with Gasteiger partial charge in [0.05, 0.1) is 0 Å². The molecule has 9 aromatic rings. The average molecular weight is 670 g/mol. The molecule has 0 atom stereocenters. The highest BCUT2D eigenvalue weighted by Crippen LogP contribution is 2.44. The number of fused-ring (bicyclic) bond motifs is 8. The Morgan fingerprint density at radius 1 is 0.471 bits per heavy atom. The van der Waals surface area contributed by atoms with Crippen LogP contribution in [0.25, 0.3) is 66.1 Å². The van der Waals surface area contributed by atoms with Gasteiger partial charge in [0, 0.05) is 27.8 Å². The zero-order chi connectivity index (χ0) is 34.1. The molecule has 2 heterocycles. The van der Waals surface area contributed by atoms with E-state index in [1.807, 2.05) is 0 Å². The summed E-state index contributed by atoms with van der Waals surface area (Å²) in [5.41, 5.74) is 12.9. The molecular weight excluding hydrogens is 635 g/mol. The van der Waals surface area contributed by atoms with E-state index < -0.39 is 8.07 Å². The summed E-state index contributed by atoms with van der Waals surface area (Å²) in [7, 11) is -2.18. The maximum absolute atomic E-state index is 6.41. The summed E-state index contributed by atoms with van der Waals surface area (Å²) >= 11 is 0. The van der Waals surface area contributed by atoms with Crippen LogP contribution in [-0.2, 0) is 0 Å². The van der Waals surface area contributed by atoms with E-state index in [2.05, 4.69) is 194 Å². The number of anilines is 3. The van der Waals surface area contributed by atoms with Gasteiger partial charge < -0.3 is 9.32 Å². The van der Waals surface area contributed by atoms with E-state index in [4.69, 9.17) is 4.42 Å². The first-order valence-corrected chi connectivity index (χ1v) is 20.7. The van der Waals surface area contributed by atoms with Crippen LogP contribution in [0.15, 0.2) is 180 Å². The second-order valence-electron chi connectivity index (χ2n) is 14.1. The Bertz CT molecular complexity index is 2780. The SMILES string of the molecule is C[Si]1(C)c2ccc3oc4ccccc4c3c2-c2cccc(N(c3ccc(-c4ccc5ccccc5c4)cc3)c3cccc(-c4ccccc4)c3)c21. The van der Waals surface area contributed by atoms with Crippen LogP contribution in [0.5, 0.6) is 0 Å². The number of furan rings is 1. The third-order valence-electron chi connectivity index (χ3n) is 10.8. The van der Waals surface area contributed by atoms with Crippen molar-refractivity contribution in [1.29, 1.82) is 0 Å². The number of para-hydroxylation sites is 1. The fourth-order valence-electron chi connectivity index (χ4n) is 8.40. The van der Waals surface area contributed by atoms with Gasteiger partial charge in [0.1, 0.15) is 19.2 Å². The minimum atomic E-state index is -2.18. The van der Waals surface area contributed by atoms with E-state index in [-0.39, 0.29) is 0 Å². The monoisotopic (exact) mass is 669 g/mol. The predicted molar refractivity (Wildman–Crippen MR) is 219 cm³/mol. The molecule has 0 spiro atoms. The molecule has 8 aromatic carbocycles. The van der Waals surface area contributed by atoms with Crippen LogP contribution in [0, 0.1) is 0 Å². The molecule has 0 saturated carbocycles. The first kappa shape index (κ1) is 29.7. The van der Waals surface area contributed by atoms with Gasteiger partial charge in [-0.2, -0.15) is 0 Å². The van der Waals surface area contributed by atoms with E-state index in [1.165, 1.54) is 71.0 Å². The smallest absolute Gasteiger partial charge is 0.136 e. The summed E-state index contributed by atoms with van der Waals surface area (Å²) in [6.07, 6.45) is 0. The number of benzene rings is 8. The van der Waals surface area contributed by atoms with Crippen molar-refractivity contribution in [3.05, 3.63) is 176 Å². The van der Waals surface area contributed by atoms with Crippen LogP contribution in [0.3, 0.4) is 0 Å². The van der Waals surface area contributed by atoms with Gasteiger partial charge >= 0.3 is 0 Å². The Kier molecular flexibility index (Phi) is 6.67. The maximum atomic E-state index is 6.41. The first-order valence-electron chi connectivity index (χ1n) is 17.7. The molecule has 1 aromatic heterocycles. The largest absolute Gasteiger partial charge is 0.456 e. The molecule has 0 radical (unpaired) electrons. The van der Waals surface area contributed by atoms with Crippen molar-refractivity contribution in [2.75, 3.05) is 4.90 Å². The standard InChI is InChI=1S/C48H35NOSi/c1-51(2)45-29-28-44-46(40-18-8-9-21-43(40)50-44)47(45)41-19-11-20-42(48(41)51)49(39-17-10-16-36(31-39)32-12-4-3-5-13-32)38-26-24-34(25-27-38)37-23-22-33-14-6-7-15-35(33)30-37/h3-31H,1-2H3. The molecule has 0 aliphatic carbocycles. The Morgan fingerprint density at radius 2 is 1.16 bits per heavy atom. The van der Waals surface area contributed by atoms with Gasteiger partial charge in [-0.3, -0.25) is 0 Å². The van der Waals surface area contributed by atoms with Crippen molar-refractivity contribution in [2.45, 2.75) is 13.1 Å². The van der Waals surface area contributed by atoms with Crippen LogP contribution in [0.4, 0.5) is 17.1 Å². The van der Waals surface area contributed by atoms with Crippen LogP contribution in [0.2, 0.25) is 13.1 Å². The van der Waals surface area contributed by atoms with Crippen LogP contribution < -0.4 is 15.3 Å². The third kappa shape index (κ3) is 4.70. The zero-order valence-corrected chi connectivity index (χ0v) is 29.6. The van der Waals surface area contributed by atoms with Crippen molar-refractivity contribution in [3.8, 4) is 33.4 Å². The highest BCUT2D eigenvalue weighted by molar-refractivity contribution is 7.05. The van der Waals surface area contributed by atoms with Gasteiger partial charge in [0.25, 0.3) is 0 Å². The Balaban J connectivity index is 1.18. The summed E-state index contributed by atoms with van der Waals surface area (Å²) in [5, 5.41) is 7.86. The summed E-state index contributed by atoms with van der Waals surface area (Å²) in [6, 6.07) is 64.0. The Hall–Kier alpha value is -6.16. The summed E-state index contributed by atoms with van der Waals surface area (Å²) < 4.78 is 6.41. The van der Waals surface area contributed by atoms with E-state index in [0.29, 0.717) is 0 Å². The lowest BCUT2D eigenvalue weighted by molar-refractivity contribution is 0.669. The lowest BCUT2D eigenvalue weighted by Gasteiger charge is -2.31. The second kappa shape index (κ2) is 11.4. The van der Waals surface area contributed by atoms with Crippen molar-refractivity contribution in [2.24, 2.45) is 0 Å². The molecular formula is C48H35NOSi. The summed E-state index contributed by atoms with van der Waals surface area (Å²) in [5.74, 6) is 0. The van der Waals surface area contributed by atoms with Gasteiger partial charge in [-0.25, -0.2) is 0 Å². The fraction of sp³-hybridized carbons (Fsp3) is 0.0417. The quantitative estimate of drug-likeness (QED) is 0.170. The van der Waals surface area contributed by atoms with E-state index in [0.717, 1.165) is 22.5 Å². The molecule has 0 unspecified atom stereocenters. The summed E-state index contributed by atoms with van der Waals surface area (Å²) in [6.45, 7) is 5.02. The van der Waals surface area contributed by atoms with E-state index in [1.54, 1.807) is 0 Å². The highest BCUT2D eigenvalue weighted by Gasteiger charge is 2.42. The van der Waals surface area contributed by atoms with Crippen LogP contribution in [0.1, 0.15) is 0 Å². The molecule has 2 nitrogen and oxygen atoms in total. The number of nitrogens with zero attached hydrogens (tertiary/aromatic N) is 1. The predicted octanol–water partition coefficient (Wildman–Crippen LogP) is 12.3. The van der Waals surface area contributed by atoms with Crippen LogP contribution in [-0.4, -0.2) is 8.07 Å². The first-order chi connectivity index (χ1) is 25.0. The average Bonchev–Trinajstić information content (AvgIpc) is 3.68. The Labute approximate surface area is 298 Å². The van der Waals surface area contributed by atoms with E-state index in [9.17, 15) is 0 Å². The molecule has 0 fully saturated rings.